The maximum Gasteiger partial charge on any atom is 0.417 e. The van der Waals surface area contributed by atoms with Crippen LogP contribution in [0.25, 0.3) is 0 Å². The van der Waals surface area contributed by atoms with Gasteiger partial charge in [0.15, 0.2) is 11.5 Å². The van der Waals surface area contributed by atoms with Gasteiger partial charge in [0.25, 0.3) is 10.0 Å². The van der Waals surface area contributed by atoms with Gasteiger partial charge >= 0.3 is 6.18 Å². The zero-order valence-corrected chi connectivity index (χ0v) is 21.6. The van der Waals surface area contributed by atoms with Crippen LogP contribution in [0.4, 0.5) is 18.9 Å². The molecular formula is C25H24ClF3N2O5S. The smallest absolute Gasteiger partial charge is 0.417 e. The molecule has 0 aromatic heterocycles. The minimum Gasteiger partial charge on any atom is -0.493 e. The van der Waals surface area contributed by atoms with Gasteiger partial charge in [-0.3, -0.25) is 9.10 Å². The first kappa shape index (κ1) is 28.1. The van der Waals surface area contributed by atoms with Crippen LogP contribution in [0.2, 0.25) is 5.02 Å². The number of carbonyl (C=O) groups is 1. The lowest BCUT2D eigenvalue weighted by Gasteiger charge is -2.26. The maximum atomic E-state index is 13.5. The number of nitrogens with zero attached hydrogens (tertiary/aromatic N) is 1. The Balaban J connectivity index is 1.96. The Bertz CT molecular complexity index is 1370. The van der Waals surface area contributed by atoms with Crippen molar-refractivity contribution in [3.05, 3.63) is 82.9 Å². The predicted octanol–water partition coefficient (Wildman–Crippen LogP) is 5.45. The summed E-state index contributed by atoms with van der Waals surface area (Å²) in [7, 11) is -1.48. The number of halogens is 4. The number of alkyl halides is 3. The number of hydrogen-bond donors (Lipinski definition) is 1. The van der Waals surface area contributed by atoms with E-state index in [1.54, 1.807) is 31.2 Å². The predicted molar refractivity (Wildman–Crippen MR) is 134 cm³/mol. The van der Waals surface area contributed by atoms with Gasteiger partial charge < -0.3 is 14.8 Å². The van der Waals surface area contributed by atoms with Gasteiger partial charge in [-0.15, -0.1) is 0 Å². The summed E-state index contributed by atoms with van der Waals surface area (Å²) in [6.07, 6.45) is -4.83. The average molecular weight is 557 g/mol. The van der Waals surface area contributed by atoms with Crippen molar-refractivity contribution in [3.63, 3.8) is 0 Å². The topological polar surface area (TPSA) is 84.9 Å². The normalized spacial score (nSPS) is 12.5. The van der Waals surface area contributed by atoms with Crippen molar-refractivity contribution in [3.8, 4) is 11.5 Å². The molecule has 1 N–H and O–H groups in total. The molecule has 37 heavy (non-hydrogen) atoms. The molecule has 0 unspecified atom stereocenters. The molecule has 0 aliphatic rings. The summed E-state index contributed by atoms with van der Waals surface area (Å²) in [4.78, 5) is 12.8. The van der Waals surface area contributed by atoms with Crippen molar-refractivity contribution in [2.45, 2.75) is 24.0 Å². The highest BCUT2D eigenvalue weighted by Crippen LogP contribution is 2.38. The Morgan fingerprint density at radius 1 is 1.00 bits per heavy atom. The Labute approximate surface area is 217 Å². The van der Waals surface area contributed by atoms with Crippen LogP contribution in [0, 0.1) is 0 Å². The van der Waals surface area contributed by atoms with E-state index in [4.69, 9.17) is 21.1 Å². The van der Waals surface area contributed by atoms with E-state index in [-0.39, 0.29) is 10.6 Å². The number of benzene rings is 3. The van der Waals surface area contributed by atoms with Crippen LogP contribution in [0.5, 0.6) is 11.5 Å². The Morgan fingerprint density at radius 3 is 2.24 bits per heavy atom. The van der Waals surface area contributed by atoms with Crippen molar-refractivity contribution in [2.75, 3.05) is 25.1 Å². The third-order valence-electron chi connectivity index (χ3n) is 5.45. The summed E-state index contributed by atoms with van der Waals surface area (Å²) in [5, 5.41) is 2.08. The molecule has 1 amide bonds. The maximum absolute atomic E-state index is 13.5. The van der Waals surface area contributed by atoms with E-state index < -0.39 is 45.3 Å². The standard InChI is InChI=1S/C25H24ClF3N2O5S/c1-16(17-9-12-22(35-2)23(13-17)36-3)30-24(32)15-31(37(33,34)19-7-5-4-6-8-19)18-10-11-21(26)20(14-18)25(27,28)29/h4-14,16H,15H2,1-3H3,(H,30,32)/t16-/m1/s1. The van der Waals surface area contributed by atoms with E-state index >= 15 is 0 Å². The van der Waals surface area contributed by atoms with Crippen molar-refractivity contribution in [1.82, 2.24) is 5.32 Å². The van der Waals surface area contributed by atoms with E-state index in [0.717, 1.165) is 12.1 Å². The molecule has 3 rings (SSSR count). The van der Waals surface area contributed by atoms with Crippen LogP contribution >= 0.6 is 11.6 Å². The summed E-state index contributed by atoms with van der Waals surface area (Å²) in [6.45, 7) is 0.882. The number of sulfonamides is 1. The van der Waals surface area contributed by atoms with Gasteiger partial charge in [-0.25, -0.2) is 8.42 Å². The Morgan fingerprint density at radius 2 is 1.65 bits per heavy atom. The second kappa shape index (κ2) is 11.3. The van der Waals surface area contributed by atoms with Crippen LogP contribution in [-0.4, -0.2) is 35.1 Å². The second-order valence-corrected chi connectivity index (χ2v) is 10.2. The SMILES string of the molecule is COc1ccc([C@@H](C)NC(=O)CN(c2ccc(Cl)c(C(F)(F)F)c2)S(=O)(=O)c2ccccc2)cc1OC. The first-order valence-electron chi connectivity index (χ1n) is 10.8. The lowest BCUT2D eigenvalue weighted by atomic mass is 10.1. The van der Waals surface area contributed by atoms with Gasteiger partial charge in [-0.1, -0.05) is 35.9 Å². The number of hydrogen-bond acceptors (Lipinski definition) is 5. The fourth-order valence-electron chi connectivity index (χ4n) is 3.54. The highest BCUT2D eigenvalue weighted by molar-refractivity contribution is 7.92. The highest BCUT2D eigenvalue weighted by atomic mass is 35.5. The number of ether oxygens (including phenoxy) is 2. The Kier molecular flexibility index (Phi) is 8.60. The summed E-state index contributed by atoms with van der Waals surface area (Å²) >= 11 is 5.72. The molecule has 12 heteroatoms. The lowest BCUT2D eigenvalue weighted by Crippen LogP contribution is -2.41. The molecule has 0 saturated carbocycles. The first-order valence-corrected chi connectivity index (χ1v) is 12.7. The molecular weight excluding hydrogens is 533 g/mol. The monoisotopic (exact) mass is 556 g/mol. The molecule has 1 atom stereocenters. The molecule has 7 nitrogen and oxygen atoms in total. The number of carbonyl (C=O) groups excluding carboxylic acids is 1. The number of anilines is 1. The quantitative estimate of drug-likeness (QED) is 0.379. The molecule has 0 spiro atoms. The number of methoxy groups -OCH3 is 2. The van der Waals surface area contributed by atoms with E-state index in [1.165, 1.54) is 38.5 Å². The van der Waals surface area contributed by atoms with Crippen molar-refractivity contribution < 1.29 is 35.9 Å². The summed E-state index contributed by atoms with van der Waals surface area (Å²) < 4.78 is 78.4. The zero-order chi connectivity index (χ0) is 27.4. The van der Waals surface area contributed by atoms with Crippen LogP contribution in [-0.2, 0) is 21.0 Å². The average Bonchev–Trinajstić information content (AvgIpc) is 2.87. The fraction of sp³-hybridized carbons (Fsp3) is 0.240. The van der Waals surface area contributed by atoms with Crippen LogP contribution in [0.1, 0.15) is 24.1 Å². The lowest BCUT2D eigenvalue weighted by molar-refractivity contribution is -0.137. The highest BCUT2D eigenvalue weighted by Gasteiger charge is 2.35. The first-order chi connectivity index (χ1) is 17.4. The van der Waals surface area contributed by atoms with E-state index in [2.05, 4.69) is 5.32 Å². The third-order valence-corrected chi connectivity index (χ3v) is 7.56. The zero-order valence-electron chi connectivity index (χ0n) is 20.0. The largest absolute Gasteiger partial charge is 0.493 e. The number of rotatable bonds is 9. The molecule has 198 valence electrons. The van der Waals surface area contributed by atoms with Crippen LogP contribution in [0.15, 0.2) is 71.6 Å². The van der Waals surface area contributed by atoms with Gasteiger partial charge in [0.05, 0.1) is 41.4 Å². The molecule has 0 radical (unpaired) electrons. The van der Waals surface area contributed by atoms with Gasteiger partial charge in [-0.05, 0) is 55.0 Å². The summed E-state index contributed by atoms with van der Waals surface area (Å²) in [5.41, 5.74) is -0.956. The van der Waals surface area contributed by atoms with Crippen molar-refractivity contribution >= 4 is 33.2 Å². The van der Waals surface area contributed by atoms with Gasteiger partial charge in [0.1, 0.15) is 6.54 Å². The minimum absolute atomic E-state index is 0.195. The van der Waals surface area contributed by atoms with E-state index in [1.807, 2.05) is 0 Å². The van der Waals surface area contributed by atoms with E-state index in [9.17, 15) is 26.4 Å². The fourth-order valence-corrected chi connectivity index (χ4v) is 5.20. The molecule has 0 heterocycles. The molecule has 3 aromatic carbocycles. The summed E-state index contributed by atoms with van der Waals surface area (Å²) in [5.74, 6) is 0.161. The van der Waals surface area contributed by atoms with Gasteiger partial charge in [0, 0.05) is 0 Å². The van der Waals surface area contributed by atoms with Gasteiger partial charge in [-0.2, -0.15) is 13.2 Å². The summed E-state index contributed by atoms with van der Waals surface area (Å²) in [6, 6.07) is 14.1. The number of nitrogens with one attached hydrogen (secondary N) is 1. The van der Waals surface area contributed by atoms with Crippen molar-refractivity contribution in [1.29, 1.82) is 0 Å². The van der Waals surface area contributed by atoms with Crippen LogP contribution in [0.3, 0.4) is 0 Å². The molecule has 0 aliphatic heterocycles. The molecule has 0 fully saturated rings. The number of amides is 1. The molecule has 0 bridgehead atoms. The van der Waals surface area contributed by atoms with E-state index in [0.29, 0.717) is 27.4 Å². The molecule has 3 aromatic rings. The second-order valence-electron chi connectivity index (χ2n) is 7.89. The molecule has 0 aliphatic carbocycles. The minimum atomic E-state index is -4.83. The van der Waals surface area contributed by atoms with Crippen molar-refractivity contribution in [2.24, 2.45) is 0 Å². The van der Waals surface area contributed by atoms with Gasteiger partial charge in [0.2, 0.25) is 5.91 Å². The third kappa shape index (κ3) is 6.47. The van der Waals surface area contributed by atoms with Crippen LogP contribution < -0.4 is 19.1 Å². The molecule has 0 saturated heterocycles. The Hall–Kier alpha value is -3.44.